The summed E-state index contributed by atoms with van der Waals surface area (Å²) in [6.45, 7) is 2.64. The van der Waals surface area contributed by atoms with Crippen LogP contribution in [0, 0.1) is 5.41 Å². The first-order valence-electron chi connectivity index (χ1n) is 8.24. The molecule has 0 aliphatic carbocycles. The Morgan fingerprint density at radius 3 is 1.45 bits per heavy atom. The van der Waals surface area contributed by atoms with Crippen molar-refractivity contribution in [3.63, 3.8) is 0 Å². The Morgan fingerprint density at radius 1 is 0.727 bits per heavy atom. The van der Waals surface area contributed by atoms with E-state index in [0.717, 1.165) is 20.8 Å². The molecular formula is C16H15F13O4. The van der Waals surface area contributed by atoms with Gasteiger partial charge in [0.15, 0.2) is 0 Å². The molecule has 0 saturated carbocycles. The average molecular weight is 518 g/mol. The fourth-order valence-electron chi connectivity index (χ4n) is 2.01. The van der Waals surface area contributed by atoms with Crippen molar-refractivity contribution in [3.8, 4) is 0 Å². The summed E-state index contributed by atoms with van der Waals surface area (Å²) in [4.78, 5) is 21.7. The Bertz CT molecular complexity index is 763. The van der Waals surface area contributed by atoms with Gasteiger partial charge < -0.3 is 9.84 Å². The number of carbonyl (C=O) groups is 2. The zero-order valence-electron chi connectivity index (χ0n) is 16.5. The SMILES string of the molecule is CC(C)(C)C(CC(F)(F)C(F)(F)C(F)(F)C(F)(F)C(F)(F)C(F)(F)F)OC(=O)/C=C/C(=O)O. The first-order valence-corrected chi connectivity index (χ1v) is 8.24. The third-order valence-corrected chi connectivity index (χ3v) is 4.03. The molecule has 0 fully saturated rings. The van der Waals surface area contributed by atoms with Gasteiger partial charge in [-0.3, -0.25) is 0 Å². The van der Waals surface area contributed by atoms with E-state index in [1.165, 1.54) is 0 Å². The molecule has 0 bridgehead atoms. The van der Waals surface area contributed by atoms with Crippen LogP contribution in [0.25, 0.3) is 0 Å². The van der Waals surface area contributed by atoms with E-state index in [1.54, 1.807) is 0 Å². The summed E-state index contributed by atoms with van der Waals surface area (Å²) in [5.41, 5.74) is -1.86. The van der Waals surface area contributed by atoms with Crippen molar-refractivity contribution < 1.29 is 76.5 Å². The highest BCUT2D eigenvalue weighted by atomic mass is 19.4. The lowest BCUT2D eigenvalue weighted by atomic mass is 9.82. The minimum Gasteiger partial charge on any atom is -0.478 e. The fourth-order valence-corrected chi connectivity index (χ4v) is 2.01. The van der Waals surface area contributed by atoms with E-state index >= 15 is 0 Å². The predicted octanol–water partition coefficient (Wildman–Crippen LogP) is 5.71. The lowest BCUT2D eigenvalue weighted by Gasteiger charge is -2.41. The second kappa shape index (κ2) is 8.85. The highest BCUT2D eigenvalue weighted by molar-refractivity contribution is 5.90. The molecular weight excluding hydrogens is 503 g/mol. The number of carboxylic acid groups (broad SMARTS) is 1. The number of ether oxygens (including phenoxy) is 1. The molecule has 194 valence electrons. The van der Waals surface area contributed by atoms with Crippen molar-refractivity contribution in [1.82, 2.24) is 0 Å². The third kappa shape index (κ3) is 5.83. The number of alkyl halides is 13. The second-order valence-corrected chi connectivity index (χ2v) is 7.67. The highest BCUT2D eigenvalue weighted by Crippen LogP contribution is 2.61. The summed E-state index contributed by atoms with van der Waals surface area (Å²) in [6, 6.07) is 0. The zero-order chi connectivity index (χ0) is 27.1. The van der Waals surface area contributed by atoms with Gasteiger partial charge in [0.2, 0.25) is 0 Å². The smallest absolute Gasteiger partial charge is 0.460 e. The lowest BCUT2D eigenvalue weighted by Crippen LogP contribution is -2.70. The van der Waals surface area contributed by atoms with Crippen LogP contribution in [0.1, 0.15) is 27.2 Å². The minimum absolute atomic E-state index is 0.0734. The topological polar surface area (TPSA) is 63.6 Å². The molecule has 17 heteroatoms. The number of esters is 1. The van der Waals surface area contributed by atoms with Crippen LogP contribution in [0.5, 0.6) is 0 Å². The van der Waals surface area contributed by atoms with E-state index in [0.29, 0.717) is 0 Å². The van der Waals surface area contributed by atoms with Gasteiger partial charge in [0.05, 0.1) is 6.42 Å². The van der Waals surface area contributed by atoms with Gasteiger partial charge in [-0.25, -0.2) is 9.59 Å². The van der Waals surface area contributed by atoms with E-state index < -0.39 is 65.7 Å². The van der Waals surface area contributed by atoms with Crippen molar-refractivity contribution in [2.75, 3.05) is 0 Å². The van der Waals surface area contributed by atoms with Crippen LogP contribution in [0.2, 0.25) is 0 Å². The number of halogens is 13. The summed E-state index contributed by atoms with van der Waals surface area (Å²) < 4.78 is 176. The maximum Gasteiger partial charge on any atom is 0.460 e. The van der Waals surface area contributed by atoms with Crippen molar-refractivity contribution >= 4 is 11.9 Å². The Labute approximate surface area is 176 Å². The molecule has 0 aromatic rings. The van der Waals surface area contributed by atoms with Crippen LogP contribution in [0.4, 0.5) is 57.1 Å². The third-order valence-electron chi connectivity index (χ3n) is 4.03. The van der Waals surface area contributed by atoms with Crippen LogP contribution in [0.3, 0.4) is 0 Å². The van der Waals surface area contributed by atoms with E-state index in [9.17, 15) is 66.7 Å². The molecule has 0 aromatic carbocycles. The van der Waals surface area contributed by atoms with Gasteiger partial charge in [-0.15, -0.1) is 0 Å². The summed E-state index contributed by atoms with van der Waals surface area (Å²) >= 11 is 0. The molecule has 1 N–H and O–H groups in total. The molecule has 1 unspecified atom stereocenters. The number of aliphatic carboxylic acids is 1. The number of carbonyl (C=O) groups excluding carboxylic acids is 1. The van der Waals surface area contributed by atoms with E-state index in [1.807, 2.05) is 0 Å². The minimum atomic E-state index is -8.04. The Balaban J connectivity index is 6.31. The van der Waals surface area contributed by atoms with Crippen LogP contribution < -0.4 is 0 Å². The summed E-state index contributed by atoms with van der Waals surface area (Å²) in [6.07, 6.45) is -12.7. The summed E-state index contributed by atoms with van der Waals surface area (Å²) in [7, 11) is 0. The summed E-state index contributed by atoms with van der Waals surface area (Å²) in [5, 5.41) is 8.33. The van der Waals surface area contributed by atoms with E-state index in [-0.39, 0.29) is 12.2 Å². The summed E-state index contributed by atoms with van der Waals surface area (Å²) in [5.74, 6) is -41.4. The van der Waals surface area contributed by atoms with Gasteiger partial charge in [0.1, 0.15) is 6.10 Å². The first kappa shape index (κ1) is 30.8. The molecule has 0 spiro atoms. The Morgan fingerprint density at radius 2 is 1.12 bits per heavy atom. The van der Waals surface area contributed by atoms with Crippen LogP contribution in [-0.2, 0) is 14.3 Å². The predicted molar refractivity (Wildman–Crippen MR) is 81.5 cm³/mol. The van der Waals surface area contributed by atoms with Gasteiger partial charge in [-0.1, -0.05) is 20.8 Å². The Hall–Kier alpha value is -2.23. The molecule has 0 saturated heterocycles. The zero-order valence-corrected chi connectivity index (χ0v) is 16.5. The van der Waals surface area contributed by atoms with Crippen molar-refractivity contribution in [1.29, 1.82) is 0 Å². The van der Waals surface area contributed by atoms with Crippen LogP contribution in [-0.4, -0.2) is 58.9 Å². The molecule has 0 aliphatic heterocycles. The first-order chi connectivity index (χ1) is 14.2. The second-order valence-electron chi connectivity index (χ2n) is 7.67. The fraction of sp³-hybridized carbons (Fsp3) is 0.750. The van der Waals surface area contributed by atoms with Gasteiger partial charge in [-0.05, 0) is 5.41 Å². The molecule has 33 heavy (non-hydrogen) atoms. The van der Waals surface area contributed by atoms with E-state index in [4.69, 9.17) is 5.11 Å². The van der Waals surface area contributed by atoms with Crippen molar-refractivity contribution in [2.24, 2.45) is 5.41 Å². The quantitative estimate of drug-likeness (QED) is 0.241. The maximum absolute atomic E-state index is 14.1. The number of carboxylic acids is 1. The van der Waals surface area contributed by atoms with Gasteiger partial charge >= 0.3 is 47.7 Å². The molecule has 0 heterocycles. The van der Waals surface area contributed by atoms with Gasteiger partial charge in [-0.2, -0.15) is 57.1 Å². The molecule has 0 aliphatic rings. The van der Waals surface area contributed by atoms with Crippen molar-refractivity contribution in [2.45, 2.75) is 69.1 Å². The van der Waals surface area contributed by atoms with Gasteiger partial charge in [0, 0.05) is 12.2 Å². The maximum atomic E-state index is 14.1. The molecule has 0 rings (SSSR count). The highest BCUT2D eigenvalue weighted by Gasteiger charge is 2.90. The Kier molecular flexibility index (Phi) is 8.25. The molecule has 0 radical (unpaired) electrons. The van der Waals surface area contributed by atoms with Crippen molar-refractivity contribution in [3.05, 3.63) is 12.2 Å². The molecule has 1 atom stereocenters. The molecule has 0 aromatic heterocycles. The standard InChI is InChI=1S/C16H15F13O4/c1-10(2,3)7(33-9(32)5-4-8(30)31)6-11(17,18)12(19,20)13(21,22)14(23,24)15(25,26)16(27,28)29/h4-5,7H,6H2,1-3H3,(H,30,31)/b5-4+. The largest absolute Gasteiger partial charge is 0.478 e. The van der Waals surface area contributed by atoms with Crippen LogP contribution in [0.15, 0.2) is 12.2 Å². The number of hydrogen-bond acceptors (Lipinski definition) is 3. The van der Waals surface area contributed by atoms with Gasteiger partial charge in [0.25, 0.3) is 0 Å². The van der Waals surface area contributed by atoms with E-state index in [2.05, 4.69) is 4.74 Å². The average Bonchev–Trinajstić information content (AvgIpc) is 2.56. The normalized spacial score (nSPS) is 16.1. The molecule has 4 nitrogen and oxygen atoms in total. The molecule has 0 amide bonds. The monoisotopic (exact) mass is 518 g/mol. The number of rotatable bonds is 9. The number of hydrogen-bond donors (Lipinski definition) is 1. The van der Waals surface area contributed by atoms with Crippen LogP contribution >= 0.6 is 0 Å². The lowest BCUT2D eigenvalue weighted by molar-refractivity contribution is -0.441.